The summed E-state index contributed by atoms with van der Waals surface area (Å²) in [6.07, 6.45) is -10.5. The second kappa shape index (κ2) is 22.2. The van der Waals surface area contributed by atoms with E-state index in [1.54, 1.807) is 55.4 Å². The number of ketones is 1. The molecule has 0 N–H and O–H groups in total. The molecule has 18 atom stereocenters. The van der Waals surface area contributed by atoms with Gasteiger partial charge in [0.2, 0.25) is 0 Å². The van der Waals surface area contributed by atoms with E-state index in [4.69, 9.17) is 56.8 Å². The average Bonchev–Trinajstić information content (AvgIpc) is 3.60. The Kier molecular flexibility index (Phi) is 17.9. The van der Waals surface area contributed by atoms with Crippen LogP contribution in [0, 0.1) is 23.7 Å². The van der Waals surface area contributed by atoms with Crippen molar-refractivity contribution in [2.24, 2.45) is 23.7 Å². The number of rotatable bonds is 12. The first-order valence-corrected chi connectivity index (χ1v) is 23.5. The number of Topliss-reactive ketones (excluding diaryl/α,β-unsaturated/α-hetero) is 1. The van der Waals surface area contributed by atoms with Crippen LogP contribution in [0.3, 0.4) is 0 Å². The number of hydrogen-bond acceptors (Lipinski definition) is 18. The fraction of sp³-hybridized carbons (Fsp3) is 0.776. The minimum Gasteiger partial charge on any atom is -0.458 e. The number of likely N-dealkylation sites (N-methyl/N-ethyl adjacent to an activating group) is 1. The molecule has 4 fully saturated rings. The highest BCUT2D eigenvalue weighted by molar-refractivity contribution is 5.84. The standard InChI is InChI=1S/C49H75NO17/c1-16-35-49(11)41(65-46(55)67-49)28(4)37(52)26(2)23-47(9,56-14)40(64-44-39(61-32(8)51)34(50(12)13)22-27(3)59-44)29(5)38(30(6)43(53)62-35)63-36-24-48(10,57-15)42(31(7)60-36)66-45(54)58-25-33-20-18-17-19-21-33/h17-21,26-31,34-36,38-42,44H,16,22-25H2,1-15H3/t26-,27-,28+,29+,30-,31+,34+,35-,36?,38+,39-,40-,41-,42+,44?,47-,48-,49-/m1/s1. The molecule has 0 saturated carbocycles. The molecular formula is C49H75NO17. The zero-order valence-corrected chi connectivity index (χ0v) is 42.0. The summed E-state index contributed by atoms with van der Waals surface area (Å²) >= 11 is 0. The molecule has 4 aliphatic heterocycles. The van der Waals surface area contributed by atoms with Gasteiger partial charge in [-0.25, -0.2) is 9.59 Å². The Bertz CT molecular complexity index is 1870. The quantitative estimate of drug-likeness (QED) is 0.161. The van der Waals surface area contributed by atoms with E-state index in [9.17, 15) is 24.0 Å². The van der Waals surface area contributed by atoms with Crippen molar-refractivity contribution in [2.45, 2.75) is 193 Å². The molecule has 0 spiro atoms. The van der Waals surface area contributed by atoms with Crippen LogP contribution in [0.1, 0.15) is 107 Å². The molecule has 67 heavy (non-hydrogen) atoms. The average molecular weight is 950 g/mol. The number of methoxy groups -OCH3 is 2. The summed E-state index contributed by atoms with van der Waals surface area (Å²) in [6.45, 7) is 18.8. The Balaban J connectivity index is 1.58. The summed E-state index contributed by atoms with van der Waals surface area (Å²) in [5.41, 5.74) is -3.26. The molecule has 0 bridgehead atoms. The van der Waals surface area contributed by atoms with Crippen molar-refractivity contribution >= 4 is 30.0 Å². The minimum atomic E-state index is -1.53. The largest absolute Gasteiger partial charge is 0.509 e. The van der Waals surface area contributed by atoms with Gasteiger partial charge in [-0.3, -0.25) is 14.4 Å². The molecule has 0 aromatic heterocycles. The number of esters is 2. The maximum Gasteiger partial charge on any atom is 0.509 e. The summed E-state index contributed by atoms with van der Waals surface area (Å²) in [5.74, 6) is -4.97. The van der Waals surface area contributed by atoms with E-state index in [1.807, 2.05) is 63.2 Å². The van der Waals surface area contributed by atoms with Gasteiger partial charge in [-0.2, -0.15) is 0 Å². The van der Waals surface area contributed by atoms with Gasteiger partial charge in [-0.1, -0.05) is 58.0 Å². The highest BCUT2D eigenvalue weighted by atomic mass is 16.8. The number of carbonyl (C=O) groups is 5. The van der Waals surface area contributed by atoms with Gasteiger partial charge in [0.05, 0.1) is 47.9 Å². The van der Waals surface area contributed by atoms with Crippen molar-refractivity contribution in [1.29, 1.82) is 0 Å². The van der Waals surface area contributed by atoms with E-state index >= 15 is 0 Å². The Morgan fingerprint density at radius 2 is 1.45 bits per heavy atom. The van der Waals surface area contributed by atoms with E-state index < -0.39 is 120 Å². The van der Waals surface area contributed by atoms with Crippen molar-refractivity contribution in [1.82, 2.24) is 4.90 Å². The molecule has 4 heterocycles. The van der Waals surface area contributed by atoms with E-state index in [1.165, 1.54) is 21.1 Å². The van der Waals surface area contributed by atoms with E-state index in [0.29, 0.717) is 6.42 Å². The molecule has 0 aliphatic carbocycles. The molecule has 18 heteroatoms. The maximum atomic E-state index is 14.8. The van der Waals surface area contributed by atoms with E-state index in [-0.39, 0.29) is 43.8 Å². The molecule has 4 saturated heterocycles. The fourth-order valence-corrected chi connectivity index (χ4v) is 10.6. The zero-order chi connectivity index (χ0) is 49.8. The second-order valence-electron chi connectivity index (χ2n) is 19.7. The molecule has 2 unspecified atom stereocenters. The molecule has 18 nitrogen and oxygen atoms in total. The smallest absolute Gasteiger partial charge is 0.458 e. The summed E-state index contributed by atoms with van der Waals surface area (Å²) in [5, 5.41) is 0. The third-order valence-corrected chi connectivity index (χ3v) is 14.4. The van der Waals surface area contributed by atoms with Crippen LogP contribution in [0.2, 0.25) is 0 Å². The van der Waals surface area contributed by atoms with Gasteiger partial charge in [-0.15, -0.1) is 0 Å². The Labute approximate surface area is 395 Å². The van der Waals surface area contributed by atoms with Crippen LogP contribution in [-0.2, 0) is 77.8 Å². The normalized spacial score (nSPS) is 41.0. The molecule has 378 valence electrons. The lowest BCUT2D eigenvalue weighted by atomic mass is 9.74. The number of ether oxygens (including phenoxy) is 12. The van der Waals surface area contributed by atoms with Gasteiger partial charge in [0, 0.05) is 39.4 Å². The van der Waals surface area contributed by atoms with Crippen LogP contribution in [0.4, 0.5) is 9.59 Å². The number of cyclic esters (lactones) is 1. The molecule has 5 rings (SSSR count). The number of nitrogens with zero attached hydrogens (tertiary/aromatic N) is 1. The van der Waals surface area contributed by atoms with Gasteiger partial charge in [0.15, 0.2) is 36.5 Å². The topological polar surface area (TPSA) is 199 Å². The summed E-state index contributed by atoms with van der Waals surface area (Å²) in [4.78, 5) is 69.9. The molecular weight excluding hydrogens is 875 g/mol. The highest BCUT2D eigenvalue weighted by Crippen LogP contribution is 2.44. The van der Waals surface area contributed by atoms with Crippen LogP contribution >= 0.6 is 0 Å². The van der Waals surface area contributed by atoms with Gasteiger partial charge >= 0.3 is 24.2 Å². The molecule has 0 amide bonds. The molecule has 0 radical (unpaired) electrons. The molecule has 1 aromatic rings. The summed E-state index contributed by atoms with van der Waals surface area (Å²) in [6, 6.07) is 8.88. The van der Waals surface area contributed by atoms with E-state index in [0.717, 1.165) is 5.56 Å². The van der Waals surface area contributed by atoms with Crippen molar-refractivity contribution in [3.8, 4) is 0 Å². The van der Waals surface area contributed by atoms with Crippen LogP contribution in [-0.4, -0.2) is 148 Å². The Hall–Kier alpha value is -3.91. The van der Waals surface area contributed by atoms with Crippen molar-refractivity contribution in [3.05, 3.63) is 35.9 Å². The van der Waals surface area contributed by atoms with Gasteiger partial charge in [0.25, 0.3) is 0 Å². The highest BCUT2D eigenvalue weighted by Gasteiger charge is 2.60. The predicted molar refractivity (Wildman–Crippen MR) is 239 cm³/mol. The predicted octanol–water partition coefficient (Wildman–Crippen LogP) is 6.55. The first-order valence-electron chi connectivity index (χ1n) is 23.5. The van der Waals surface area contributed by atoms with Crippen molar-refractivity contribution in [3.63, 3.8) is 0 Å². The van der Waals surface area contributed by atoms with E-state index in [2.05, 4.69) is 0 Å². The number of carbonyl (C=O) groups excluding carboxylic acids is 5. The monoisotopic (exact) mass is 950 g/mol. The van der Waals surface area contributed by atoms with Gasteiger partial charge in [0.1, 0.15) is 24.1 Å². The van der Waals surface area contributed by atoms with Crippen LogP contribution in [0.5, 0.6) is 0 Å². The van der Waals surface area contributed by atoms with Crippen LogP contribution in [0.25, 0.3) is 0 Å². The summed E-state index contributed by atoms with van der Waals surface area (Å²) < 4.78 is 74.6. The number of hydrogen-bond donors (Lipinski definition) is 0. The van der Waals surface area contributed by atoms with Crippen LogP contribution < -0.4 is 0 Å². The van der Waals surface area contributed by atoms with Crippen LogP contribution in [0.15, 0.2) is 30.3 Å². The lowest BCUT2D eigenvalue weighted by molar-refractivity contribution is -0.320. The van der Waals surface area contributed by atoms with Crippen molar-refractivity contribution in [2.75, 3.05) is 28.3 Å². The first kappa shape index (κ1) is 54.0. The maximum absolute atomic E-state index is 14.8. The molecule has 4 aliphatic rings. The van der Waals surface area contributed by atoms with Gasteiger partial charge < -0.3 is 61.7 Å². The zero-order valence-electron chi connectivity index (χ0n) is 42.0. The minimum absolute atomic E-state index is 0.00337. The SMILES string of the molecule is CC[C@H]1OC(=O)[C@H](C)[C@@H](OC2C[C@@](C)(OC)[C@@H](OC(=O)OCc3ccccc3)[C@H](C)O2)[C@H](C)[C@@H](OC2O[C@H](C)C[C@H](N(C)C)[C@H]2OC(C)=O)[C@](C)(OC)C[C@@H](C)C(=O)[C@H](C)[C@H]2OC(=O)O[C@@]21C. The number of fused-ring (bicyclic) bond motifs is 1. The second-order valence-corrected chi connectivity index (χ2v) is 19.7. The number of benzene rings is 1. The molecule has 1 aromatic carbocycles. The van der Waals surface area contributed by atoms with Crippen molar-refractivity contribution < 1.29 is 80.8 Å². The third-order valence-electron chi connectivity index (χ3n) is 14.4. The lowest BCUT2D eigenvalue weighted by Gasteiger charge is -2.50. The first-order chi connectivity index (χ1) is 31.4. The fourth-order valence-electron chi connectivity index (χ4n) is 10.6. The Morgan fingerprint density at radius 3 is 2.04 bits per heavy atom. The van der Waals surface area contributed by atoms with Gasteiger partial charge in [-0.05, 0) is 80.5 Å². The third kappa shape index (κ3) is 12.1. The Morgan fingerprint density at radius 1 is 0.806 bits per heavy atom. The summed E-state index contributed by atoms with van der Waals surface area (Å²) in [7, 11) is 6.77. The lowest BCUT2D eigenvalue weighted by Crippen LogP contribution is -2.62.